The fourth-order valence-electron chi connectivity index (χ4n) is 1.31. The second-order valence-corrected chi connectivity index (χ2v) is 3.57. The fraction of sp³-hybridized carbons (Fsp3) is 0.200. The largest absolute Gasteiger partial charge is 0.481 e. The molecule has 2 N–H and O–H groups in total. The molecule has 0 heterocycles. The molecule has 4 nitrogen and oxygen atoms in total. The van der Waals surface area contributed by atoms with Crippen LogP contribution >= 0.6 is 11.6 Å². The molecule has 0 aliphatic heterocycles. The molecule has 1 unspecified atom stereocenters. The summed E-state index contributed by atoms with van der Waals surface area (Å²) >= 11 is 5.63. The quantitative estimate of drug-likeness (QED) is 0.777. The monoisotopic (exact) mass is 245 g/mol. The van der Waals surface area contributed by atoms with Gasteiger partial charge in [-0.25, -0.2) is 4.39 Å². The topological polar surface area (TPSA) is 66.4 Å². The zero-order valence-electron chi connectivity index (χ0n) is 8.11. The van der Waals surface area contributed by atoms with Gasteiger partial charge in [0.05, 0.1) is 12.5 Å². The predicted octanol–water partition coefficient (Wildman–Crippen LogP) is 1.74. The summed E-state index contributed by atoms with van der Waals surface area (Å²) in [5.74, 6) is -1.68. The molecule has 0 saturated heterocycles. The van der Waals surface area contributed by atoms with E-state index in [1.165, 1.54) is 6.07 Å². The van der Waals surface area contributed by atoms with E-state index in [4.69, 9.17) is 16.7 Å². The number of aliphatic carboxylic acids is 1. The molecular formula is C10H9ClFNO3. The van der Waals surface area contributed by atoms with Crippen molar-refractivity contribution in [3.05, 3.63) is 34.6 Å². The van der Waals surface area contributed by atoms with Crippen molar-refractivity contribution in [3.63, 3.8) is 0 Å². The van der Waals surface area contributed by atoms with Gasteiger partial charge in [-0.15, -0.1) is 0 Å². The number of carboxylic acid groups (broad SMARTS) is 1. The zero-order valence-corrected chi connectivity index (χ0v) is 8.87. The fourth-order valence-corrected chi connectivity index (χ4v) is 1.54. The van der Waals surface area contributed by atoms with Crippen molar-refractivity contribution in [2.24, 2.45) is 0 Å². The first kappa shape index (κ1) is 12.4. The Morgan fingerprint density at radius 2 is 2.25 bits per heavy atom. The molecule has 1 aromatic rings. The van der Waals surface area contributed by atoms with Crippen LogP contribution in [0.5, 0.6) is 0 Å². The van der Waals surface area contributed by atoms with Crippen LogP contribution in [0.25, 0.3) is 0 Å². The number of carbonyl (C=O) groups is 2. The number of halogens is 2. The lowest BCUT2D eigenvalue weighted by Crippen LogP contribution is -2.22. The Morgan fingerprint density at radius 1 is 1.56 bits per heavy atom. The molecule has 0 aromatic heterocycles. The Labute approximate surface area is 96.0 Å². The van der Waals surface area contributed by atoms with Gasteiger partial charge in [-0.2, -0.15) is 0 Å². The van der Waals surface area contributed by atoms with Crippen molar-refractivity contribution in [1.29, 1.82) is 0 Å². The van der Waals surface area contributed by atoms with Gasteiger partial charge in [0, 0.05) is 5.02 Å². The van der Waals surface area contributed by atoms with Crippen molar-refractivity contribution < 1.29 is 19.1 Å². The highest BCUT2D eigenvalue weighted by Crippen LogP contribution is 2.22. The smallest absolute Gasteiger partial charge is 0.305 e. The van der Waals surface area contributed by atoms with E-state index in [9.17, 15) is 14.0 Å². The molecule has 0 saturated carbocycles. The number of nitrogens with one attached hydrogen (secondary N) is 1. The first-order valence-electron chi connectivity index (χ1n) is 4.40. The lowest BCUT2D eigenvalue weighted by molar-refractivity contribution is -0.137. The van der Waals surface area contributed by atoms with Crippen LogP contribution in [0.15, 0.2) is 18.2 Å². The van der Waals surface area contributed by atoms with E-state index in [0.717, 1.165) is 12.1 Å². The third kappa shape index (κ3) is 3.51. The minimum atomic E-state index is -1.10. The molecule has 6 heteroatoms. The number of benzene rings is 1. The van der Waals surface area contributed by atoms with Crippen LogP contribution in [0, 0.1) is 5.82 Å². The van der Waals surface area contributed by atoms with Crippen molar-refractivity contribution in [1.82, 2.24) is 5.32 Å². The Hall–Kier alpha value is -1.62. The van der Waals surface area contributed by atoms with E-state index in [1.807, 2.05) is 0 Å². The molecular weight excluding hydrogens is 237 g/mol. The van der Waals surface area contributed by atoms with Gasteiger partial charge in [-0.3, -0.25) is 9.59 Å². The van der Waals surface area contributed by atoms with Crippen molar-refractivity contribution >= 4 is 24.0 Å². The second kappa shape index (κ2) is 5.46. The normalized spacial score (nSPS) is 11.9. The number of rotatable bonds is 5. The van der Waals surface area contributed by atoms with Gasteiger partial charge in [0.15, 0.2) is 0 Å². The maximum atomic E-state index is 13.0. The lowest BCUT2D eigenvalue weighted by Gasteiger charge is -2.14. The first-order valence-corrected chi connectivity index (χ1v) is 4.78. The van der Waals surface area contributed by atoms with Crippen LogP contribution in [0.1, 0.15) is 18.0 Å². The molecule has 1 amide bonds. The Morgan fingerprint density at radius 3 is 2.75 bits per heavy atom. The maximum Gasteiger partial charge on any atom is 0.305 e. The third-order valence-corrected chi connectivity index (χ3v) is 2.15. The Kier molecular flexibility index (Phi) is 4.25. The van der Waals surface area contributed by atoms with Crippen LogP contribution in [0.2, 0.25) is 5.02 Å². The molecule has 0 spiro atoms. The Bertz CT molecular complexity index is 391. The minimum absolute atomic E-state index is 0.151. The van der Waals surface area contributed by atoms with Crippen molar-refractivity contribution in [2.45, 2.75) is 12.5 Å². The predicted molar refractivity (Wildman–Crippen MR) is 55.6 cm³/mol. The molecule has 86 valence electrons. The van der Waals surface area contributed by atoms with E-state index < -0.39 is 17.8 Å². The van der Waals surface area contributed by atoms with Crippen molar-refractivity contribution in [3.8, 4) is 0 Å². The van der Waals surface area contributed by atoms with Crippen LogP contribution in [0.3, 0.4) is 0 Å². The van der Waals surface area contributed by atoms with Gasteiger partial charge >= 0.3 is 5.97 Å². The second-order valence-electron chi connectivity index (χ2n) is 3.14. The van der Waals surface area contributed by atoms with E-state index in [1.54, 1.807) is 0 Å². The summed E-state index contributed by atoms with van der Waals surface area (Å²) in [5, 5.41) is 11.1. The number of hydrogen-bond acceptors (Lipinski definition) is 2. The molecule has 1 rings (SSSR count). The van der Waals surface area contributed by atoms with Gasteiger partial charge < -0.3 is 10.4 Å². The average molecular weight is 246 g/mol. The van der Waals surface area contributed by atoms with Gasteiger partial charge in [0.1, 0.15) is 5.82 Å². The van der Waals surface area contributed by atoms with E-state index in [0.29, 0.717) is 12.0 Å². The van der Waals surface area contributed by atoms with Gasteiger partial charge in [0.2, 0.25) is 6.41 Å². The van der Waals surface area contributed by atoms with Gasteiger partial charge in [-0.1, -0.05) is 11.6 Å². The summed E-state index contributed by atoms with van der Waals surface area (Å²) in [6.07, 6.45) is 0.0327. The van der Waals surface area contributed by atoms with Crippen LogP contribution in [-0.2, 0) is 9.59 Å². The van der Waals surface area contributed by atoms with Gasteiger partial charge in [0.25, 0.3) is 0 Å². The Balaban J connectivity index is 2.99. The lowest BCUT2D eigenvalue weighted by atomic mass is 10.0. The molecule has 0 aliphatic rings. The van der Waals surface area contributed by atoms with Crippen LogP contribution in [0.4, 0.5) is 4.39 Å². The third-order valence-electron chi connectivity index (χ3n) is 1.94. The molecule has 16 heavy (non-hydrogen) atoms. The summed E-state index contributed by atoms with van der Waals surface area (Å²) in [7, 11) is 0. The maximum absolute atomic E-state index is 13.0. The summed E-state index contributed by atoms with van der Waals surface area (Å²) < 4.78 is 13.0. The highest BCUT2D eigenvalue weighted by atomic mass is 35.5. The summed E-state index contributed by atoms with van der Waals surface area (Å²) in [6.45, 7) is 0. The van der Waals surface area contributed by atoms with E-state index in [-0.39, 0.29) is 11.4 Å². The number of carboxylic acids is 1. The molecule has 0 aliphatic carbocycles. The van der Waals surface area contributed by atoms with E-state index >= 15 is 0 Å². The molecule has 1 aromatic carbocycles. The standard InChI is InChI=1S/C10H9ClFNO3/c11-7-1-6(2-8(12)3-7)9(13-5-14)4-10(15)16/h1-3,5,9H,4H2,(H,13,14)(H,15,16). The molecule has 0 bridgehead atoms. The summed E-state index contributed by atoms with van der Waals surface area (Å²) in [6, 6.07) is 2.86. The van der Waals surface area contributed by atoms with Crippen LogP contribution in [-0.4, -0.2) is 17.5 Å². The SMILES string of the molecule is O=CNC(CC(=O)O)c1cc(F)cc(Cl)c1. The molecule has 0 fully saturated rings. The highest BCUT2D eigenvalue weighted by Gasteiger charge is 2.15. The number of hydrogen-bond donors (Lipinski definition) is 2. The number of amides is 1. The van der Waals surface area contributed by atoms with Crippen LogP contribution < -0.4 is 5.32 Å². The minimum Gasteiger partial charge on any atom is -0.481 e. The summed E-state index contributed by atoms with van der Waals surface area (Å²) in [4.78, 5) is 20.9. The average Bonchev–Trinajstić information content (AvgIpc) is 2.14. The van der Waals surface area contributed by atoms with Gasteiger partial charge in [-0.05, 0) is 23.8 Å². The zero-order chi connectivity index (χ0) is 12.1. The van der Waals surface area contributed by atoms with Crippen molar-refractivity contribution in [2.75, 3.05) is 0 Å². The summed E-state index contributed by atoms with van der Waals surface area (Å²) in [5.41, 5.74) is 0.319. The molecule has 0 radical (unpaired) electrons. The molecule has 1 atom stereocenters. The highest BCUT2D eigenvalue weighted by molar-refractivity contribution is 6.30. The van der Waals surface area contributed by atoms with E-state index in [2.05, 4.69) is 5.32 Å². The first-order chi connectivity index (χ1) is 7.52. The number of carbonyl (C=O) groups excluding carboxylic acids is 1.